The standard InChI is InChI=1S/C17H21FN2O3/c1-20-8-13(23-2)7-16(20)17(22)19-12-5-11-3-10(9-21)4-14(11)15(18)6-12/h5-6,9-10,13,16H,3-4,7-8H2,1-2H3,(H,19,22). The summed E-state index contributed by atoms with van der Waals surface area (Å²) in [5.41, 5.74) is 1.86. The van der Waals surface area contributed by atoms with Crippen LogP contribution in [0.3, 0.4) is 0 Å². The summed E-state index contributed by atoms with van der Waals surface area (Å²) in [4.78, 5) is 25.3. The van der Waals surface area contributed by atoms with Crippen molar-refractivity contribution in [2.45, 2.75) is 31.4 Å². The van der Waals surface area contributed by atoms with Crippen LogP contribution in [-0.4, -0.2) is 49.9 Å². The second kappa shape index (κ2) is 6.37. The van der Waals surface area contributed by atoms with Gasteiger partial charge in [-0.25, -0.2) is 4.39 Å². The predicted molar refractivity (Wildman–Crippen MR) is 83.8 cm³/mol. The van der Waals surface area contributed by atoms with Crippen molar-refractivity contribution >= 4 is 17.9 Å². The molecule has 2 aliphatic rings. The molecule has 3 atom stereocenters. The molecule has 1 amide bonds. The summed E-state index contributed by atoms with van der Waals surface area (Å²) in [5.74, 6) is -0.665. The lowest BCUT2D eigenvalue weighted by atomic mass is 10.1. The highest BCUT2D eigenvalue weighted by Crippen LogP contribution is 2.31. The SMILES string of the molecule is COC1CC(C(=O)Nc2cc(F)c3c(c2)CC(C=O)C3)N(C)C1. The molecule has 124 valence electrons. The first-order valence-corrected chi connectivity index (χ1v) is 7.82. The Labute approximate surface area is 134 Å². The van der Waals surface area contributed by atoms with Crippen LogP contribution < -0.4 is 5.32 Å². The summed E-state index contributed by atoms with van der Waals surface area (Å²) >= 11 is 0. The molecule has 1 aromatic carbocycles. The Hall–Kier alpha value is -1.79. The molecule has 6 heteroatoms. The molecule has 0 aromatic heterocycles. The number of fused-ring (bicyclic) bond motifs is 1. The number of carbonyl (C=O) groups excluding carboxylic acids is 2. The van der Waals surface area contributed by atoms with Gasteiger partial charge in [-0.2, -0.15) is 0 Å². The molecule has 1 fully saturated rings. The number of rotatable bonds is 4. The quantitative estimate of drug-likeness (QED) is 0.852. The molecule has 23 heavy (non-hydrogen) atoms. The van der Waals surface area contributed by atoms with E-state index in [1.807, 2.05) is 11.9 Å². The summed E-state index contributed by atoms with van der Waals surface area (Å²) in [6, 6.07) is 2.84. The second-order valence-corrected chi connectivity index (χ2v) is 6.44. The molecule has 1 saturated heterocycles. The van der Waals surface area contributed by atoms with Crippen LogP contribution in [0.15, 0.2) is 12.1 Å². The Balaban J connectivity index is 1.73. The summed E-state index contributed by atoms with van der Waals surface area (Å²) in [7, 11) is 3.51. The van der Waals surface area contributed by atoms with E-state index in [1.165, 1.54) is 6.07 Å². The van der Waals surface area contributed by atoms with Gasteiger partial charge < -0.3 is 14.8 Å². The van der Waals surface area contributed by atoms with Crippen LogP contribution in [0.25, 0.3) is 0 Å². The molecule has 0 saturated carbocycles. The first-order valence-electron chi connectivity index (χ1n) is 7.82. The highest BCUT2D eigenvalue weighted by molar-refractivity contribution is 5.95. The lowest BCUT2D eigenvalue weighted by molar-refractivity contribution is -0.120. The number of anilines is 1. The first-order chi connectivity index (χ1) is 11.0. The van der Waals surface area contributed by atoms with Gasteiger partial charge in [0.25, 0.3) is 0 Å². The van der Waals surface area contributed by atoms with E-state index < -0.39 is 0 Å². The first kappa shape index (κ1) is 16.1. The average molecular weight is 320 g/mol. The van der Waals surface area contributed by atoms with Gasteiger partial charge in [0, 0.05) is 25.3 Å². The maximum atomic E-state index is 14.2. The summed E-state index contributed by atoms with van der Waals surface area (Å²) in [6.45, 7) is 0.703. The van der Waals surface area contributed by atoms with Crippen molar-refractivity contribution in [1.82, 2.24) is 4.90 Å². The van der Waals surface area contributed by atoms with Crippen molar-refractivity contribution in [3.05, 3.63) is 29.1 Å². The van der Waals surface area contributed by atoms with Crippen molar-refractivity contribution in [1.29, 1.82) is 0 Å². The van der Waals surface area contributed by atoms with Crippen LogP contribution in [0.4, 0.5) is 10.1 Å². The van der Waals surface area contributed by atoms with E-state index in [9.17, 15) is 14.0 Å². The van der Waals surface area contributed by atoms with Gasteiger partial charge in [-0.1, -0.05) is 0 Å². The molecule has 3 rings (SSSR count). The van der Waals surface area contributed by atoms with Gasteiger partial charge in [-0.05, 0) is 49.6 Å². The third-order valence-corrected chi connectivity index (χ3v) is 4.84. The summed E-state index contributed by atoms with van der Waals surface area (Å²) in [5, 5.41) is 2.80. The number of benzene rings is 1. The van der Waals surface area contributed by atoms with Crippen LogP contribution in [0.1, 0.15) is 17.5 Å². The van der Waals surface area contributed by atoms with Gasteiger partial charge >= 0.3 is 0 Å². The van der Waals surface area contributed by atoms with Crippen molar-refractivity contribution in [3.8, 4) is 0 Å². The number of likely N-dealkylation sites (tertiary alicyclic amines) is 1. The summed E-state index contributed by atoms with van der Waals surface area (Å²) < 4.78 is 19.5. The lowest BCUT2D eigenvalue weighted by Crippen LogP contribution is -2.37. The number of hydrogen-bond acceptors (Lipinski definition) is 4. The van der Waals surface area contributed by atoms with E-state index >= 15 is 0 Å². The monoisotopic (exact) mass is 320 g/mol. The van der Waals surface area contributed by atoms with Crippen LogP contribution in [0.5, 0.6) is 0 Å². The van der Waals surface area contributed by atoms with E-state index in [4.69, 9.17) is 4.74 Å². The number of hydrogen-bond donors (Lipinski definition) is 1. The van der Waals surface area contributed by atoms with Crippen LogP contribution in [0, 0.1) is 11.7 Å². The van der Waals surface area contributed by atoms with Crippen molar-refractivity contribution in [2.24, 2.45) is 5.92 Å². The number of nitrogens with one attached hydrogen (secondary N) is 1. The average Bonchev–Trinajstić information content (AvgIpc) is 3.10. The second-order valence-electron chi connectivity index (χ2n) is 6.44. The van der Waals surface area contributed by atoms with E-state index in [-0.39, 0.29) is 29.8 Å². The number of halogens is 1. The minimum Gasteiger partial charge on any atom is -0.380 e. The topological polar surface area (TPSA) is 58.6 Å². The normalized spacial score (nSPS) is 27.0. The maximum Gasteiger partial charge on any atom is 0.241 e. The fourth-order valence-electron chi connectivity index (χ4n) is 3.54. The minimum absolute atomic E-state index is 0.0425. The minimum atomic E-state index is -0.350. The molecular weight excluding hydrogens is 299 g/mol. The Morgan fingerprint density at radius 1 is 1.43 bits per heavy atom. The largest absolute Gasteiger partial charge is 0.380 e. The lowest BCUT2D eigenvalue weighted by Gasteiger charge is -2.18. The highest BCUT2D eigenvalue weighted by atomic mass is 19.1. The van der Waals surface area contributed by atoms with E-state index in [1.54, 1.807) is 13.2 Å². The number of amides is 1. The Kier molecular flexibility index (Phi) is 4.46. The molecule has 0 bridgehead atoms. The zero-order chi connectivity index (χ0) is 16.6. The Bertz CT molecular complexity index is 635. The Morgan fingerprint density at radius 2 is 2.22 bits per heavy atom. The van der Waals surface area contributed by atoms with Gasteiger partial charge in [0.2, 0.25) is 5.91 Å². The number of methoxy groups -OCH3 is 1. The molecular formula is C17H21FN2O3. The van der Waals surface area contributed by atoms with Gasteiger partial charge in [0.1, 0.15) is 12.1 Å². The van der Waals surface area contributed by atoms with Gasteiger partial charge in [0.05, 0.1) is 12.1 Å². The molecule has 0 spiro atoms. The van der Waals surface area contributed by atoms with Crippen LogP contribution >= 0.6 is 0 Å². The van der Waals surface area contributed by atoms with Crippen LogP contribution in [0.2, 0.25) is 0 Å². The Morgan fingerprint density at radius 3 is 2.87 bits per heavy atom. The molecule has 1 aliphatic heterocycles. The number of aldehydes is 1. The third kappa shape index (κ3) is 3.14. The maximum absolute atomic E-state index is 14.2. The number of ether oxygens (including phenoxy) is 1. The molecule has 1 heterocycles. The molecule has 1 aliphatic carbocycles. The van der Waals surface area contributed by atoms with E-state index in [0.29, 0.717) is 37.1 Å². The highest BCUT2D eigenvalue weighted by Gasteiger charge is 2.34. The smallest absolute Gasteiger partial charge is 0.241 e. The zero-order valence-corrected chi connectivity index (χ0v) is 13.3. The van der Waals surface area contributed by atoms with Gasteiger partial charge in [-0.15, -0.1) is 0 Å². The van der Waals surface area contributed by atoms with Gasteiger partial charge in [-0.3, -0.25) is 9.69 Å². The van der Waals surface area contributed by atoms with E-state index in [2.05, 4.69) is 5.32 Å². The predicted octanol–water partition coefficient (Wildman–Crippen LogP) is 1.40. The van der Waals surface area contributed by atoms with Gasteiger partial charge in [0.15, 0.2) is 0 Å². The molecule has 5 nitrogen and oxygen atoms in total. The van der Waals surface area contributed by atoms with Crippen LogP contribution in [-0.2, 0) is 27.2 Å². The summed E-state index contributed by atoms with van der Waals surface area (Å²) in [6.07, 6.45) is 2.52. The molecule has 1 aromatic rings. The number of likely N-dealkylation sites (N-methyl/N-ethyl adjacent to an activating group) is 1. The van der Waals surface area contributed by atoms with Crippen molar-refractivity contribution in [2.75, 3.05) is 26.0 Å². The number of carbonyl (C=O) groups is 2. The fraction of sp³-hybridized carbons (Fsp3) is 0.529. The number of nitrogens with zero attached hydrogens (tertiary/aromatic N) is 1. The van der Waals surface area contributed by atoms with Crippen molar-refractivity contribution in [3.63, 3.8) is 0 Å². The fourth-order valence-corrected chi connectivity index (χ4v) is 3.54. The molecule has 1 N–H and O–H groups in total. The third-order valence-electron chi connectivity index (χ3n) is 4.84. The van der Waals surface area contributed by atoms with Crippen molar-refractivity contribution < 1.29 is 18.7 Å². The molecule has 3 unspecified atom stereocenters. The van der Waals surface area contributed by atoms with E-state index in [0.717, 1.165) is 11.8 Å². The zero-order valence-electron chi connectivity index (χ0n) is 13.3. The molecule has 0 radical (unpaired) electrons.